The zero-order valence-electron chi connectivity index (χ0n) is 11.0. The summed E-state index contributed by atoms with van der Waals surface area (Å²) in [7, 11) is 0. The van der Waals surface area contributed by atoms with Crippen molar-refractivity contribution in [2.24, 2.45) is 5.92 Å². The number of carbonyl (C=O) groups is 1. The fourth-order valence-corrected chi connectivity index (χ4v) is 2.40. The number of hydrogen-bond acceptors (Lipinski definition) is 5. The third kappa shape index (κ3) is 4.06. The molecule has 2 rings (SSSR count). The number of carbonyl (C=O) groups excluding carboxylic acids is 1. The lowest BCUT2D eigenvalue weighted by atomic mass is 9.93. The number of aromatic nitrogens is 2. The molecule has 1 aliphatic heterocycles. The van der Waals surface area contributed by atoms with E-state index in [2.05, 4.69) is 15.1 Å². The van der Waals surface area contributed by atoms with E-state index in [0.717, 1.165) is 31.7 Å². The molecule has 1 aromatic heterocycles. The Balaban J connectivity index is 1.82. The lowest BCUT2D eigenvalue weighted by molar-refractivity contribution is -0.144. The average Bonchev–Trinajstić information content (AvgIpc) is 2.41. The lowest BCUT2D eigenvalue weighted by Gasteiger charge is -2.32. The molecule has 1 fully saturated rings. The Morgan fingerprint density at radius 3 is 2.74 bits per heavy atom. The molecule has 0 spiro atoms. The van der Waals surface area contributed by atoms with Crippen molar-refractivity contribution in [3.63, 3.8) is 0 Å². The third-order valence-corrected chi connectivity index (χ3v) is 3.52. The van der Waals surface area contributed by atoms with Gasteiger partial charge in [0.1, 0.15) is 0 Å². The molecule has 2 heterocycles. The number of hydrogen-bond donors (Lipinski definition) is 0. The van der Waals surface area contributed by atoms with E-state index in [-0.39, 0.29) is 5.97 Å². The van der Waals surface area contributed by atoms with Crippen molar-refractivity contribution in [2.45, 2.75) is 26.2 Å². The Bertz CT molecular complexity index is 416. The summed E-state index contributed by atoms with van der Waals surface area (Å²) in [5, 5.41) is 8.32. The Hall–Kier alpha value is -1.36. The van der Waals surface area contributed by atoms with Crippen LogP contribution in [0.3, 0.4) is 0 Å². The summed E-state index contributed by atoms with van der Waals surface area (Å²) in [4.78, 5) is 13.6. The molecule has 0 radical (unpaired) electrons. The van der Waals surface area contributed by atoms with E-state index in [1.807, 2.05) is 13.0 Å². The SMILES string of the molecule is CCOC(=O)CC1CCN(c2ccc(Cl)nn2)CC1. The van der Waals surface area contributed by atoms with E-state index >= 15 is 0 Å². The van der Waals surface area contributed by atoms with Gasteiger partial charge < -0.3 is 9.64 Å². The summed E-state index contributed by atoms with van der Waals surface area (Å²) in [6, 6.07) is 3.62. The minimum atomic E-state index is -0.0905. The molecule has 0 unspecified atom stereocenters. The van der Waals surface area contributed by atoms with Gasteiger partial charge in [0.2, 0.25) is 0 Å². The highest BCUT2D eigenvalue weighted by molar-refractivity contribution is 6.29. The zero-order chi connectivity index (χ0) is 13.7. The van der Waals surface area contributed by atoms with E-state index in [4.69, 9.17) is 16.3 Å². The molecule has 1 aliphatic rings. The normalized spacial score (nSPS) is 16.4. The molecule has 0 aromatic carbocycles. The second-order valence-corrected chi connectivity index (χ2v) is 5.04. The van der Waals surface area contributed by atoms with Crippen LogP contribution in [0.5, 0.6) is 0 Å². The van der Waals surface area contributed by atoms with Crippen molar-refractivity contribution in [1.82, 2.24) is 10.2 Å². The van der Waals surface area contributed by atoms with Gasteiger partial charge in [0.25, 0.3) is 0 Å². The van der Waals surface area contributed by atoms with E-state index in [1.165, 1.54) is 0 Å². The maximum absolute atomic E-state index is 11.4. The van der Waals surface area contributed by atoms with Crippen LogP contribution < -0.4 is 4.90 Å². The topological polar surface area (TPSA) is 55.3 Å². The van der Waals surface area contributed by atoms with Crippen LogP contribution in [0.15, 0.2) is 12.1 Å². The number of halogens is 1. The van der Waals surface area contributed by atoms with Crippen LogP contribution in [0, 0.1) is 5.92 Å². The summed E-state index contributed by atoms with van der Waals surface area (Å²) in [5.74, 6) is 1.17. The van der Waals surface area contributed by atoms with Crippen molar-refractivity contribution in [3.8, 4) is 0 Å². The molecule has 1 aromatic rings. The molecule has 0 bridgehead atoms. The first-order valence-electron chi connectivity index (χ1n) is 6.59. The van der Waals surface area contributed by atoms with Crippen LogP contribution in [0.25, 0.3) is 0 Å². The smallest absolute Gasteiger partial charge is 0.306 e. The lowest BCUT2D eigenvalue weighted by Crippen LogP contribution is -2.35. The largest absolute Gasteiger partial charge is 0.466 e. The van der Waals surface area contributed by atoms with Gasteiger partial charge in [-0.1, -0.05) is 11.6 Å². The Labute approximate surface area is 117 Å². The quantitative estimate of drug-likeness (QED) is 0.794. The molecular weight excluding hydrogens is 266 g/mol. The zero-order valence-corrected chi connectivity index (χ0v) is 11.8. The number of anilines is 1. The Morgan fingerprint density at radius 1 is 1.42 bits per heavy atom. The molecule has 0 atom stereocenters. The molecule has 0 amide bonds. The number of esters is 1. The second-order valence-electron chi connectivity index (χ2n) is 4.65. The van der Waals surface area contributed by atoms with E-state index in [9.17, 15) is 4.79 Å². The third-order valence-electron chi connectivity index (χ3n) is 3.32. The highest BCUT2D eigenvalue weighted by Gasteiger charge is 2.22. The minimum absolute atomic E-state index is 0.0905. The molecule has 1 saturated heterocycles. The molecule has 0 aliphatic carbocycles. The van der Waals surface area contributed by atoms with E-state index in [1.54, 1.807) is 6.07 Å². The van der Waals surface area contributed by atoms with Crippen molar-refractivity contribution in [3.05, 3.63) is 17.3 Å². The highest BCUT2D eigenvalue weighted by atomic mass is 35.5. The number of rotatable bonds is 4. The van der Waals surface area contributed by atoms with Crippen LogP contribution in [0.4, 0.5) is 5.82 Å². The molecule has 0 N–H and O–H groups in total. The molecule has 0 saturated carbocycles. The summed E-state index contributed by atoms with van der Waals surface area (Å²) in [6.07, 6.45) is 2.47. The first kappa shape index (κ1) is 14.1. The van der Waals surface area contributed by atoms with Gasteiger partial charge in [0.05, 0.1) is 6.61 Å². The van der Waals surface area contributed by atoms with Gasteiger partial charge in [0, 0.05) is 19.5 Å². The van der Waals surface area contributed by atoms with Gasteiger partial charge in [-0.3, -0.25) is 4.79 Å². The molecule has 6 heteroatoms. The molecule has 104 valence electrons. The summed E-state index contributed by atoms with van der Waals surface area (Å²) in [5.41, 5.74) is 0. The summed E-state index contributed by atoms with van der Waals surface area (Å²) < 4.78 is 4.98. The fraction of sp³-hybridized carbons (Fsp3) is 0.615. The maximum Gasteiger partial charge on any atom is 0.306 e. The number of ether oxygens (including phenoxy) is 1. The number of piperidine rings is 1. The van der Waals surface area contributed by atoms with Crippen LogP contribution in [-0.2, 0) is 9.53 Å². The van der Waals surface area contributed by atoms with Gasteiger partial charge in [-0.15, -0.1) is 10.2 Å². The van der Waals surface area contributed by atoms with Gasteiger partial charge >= 0.3 is 5.97 Å². The van der Waals surface area contributed by atoms with Crippen LogP contribution >= 0.6 is 11.6 Å². The monoisotopic (exact) mass is 283 g/mol. The van der Waals surface area contributed by atoms with Gasteiger partial charge in [-0.25, -0.2) is 0 Å². The Kier molecular flexibility index (Phi) is 4.96. The van der Waals surface area contributed by atoms with Crippen LogP contribution in [0.1, 0.15) is 26.2 Å². The maximum atomic E-state index is 11.4. The van der Waals surface area contributed by atoms with E-state index in [0.29, 0.717) is 24.1 Å². The van der Waals surface area contributed by atoms with Crippen LogP contribution in [-0.4, -0.2) is 35.9 Å². The summed E-state index contributed by atoms with van der Waals surface area (Å²) in [6.45, 7) is 4.07. The van der Waals surface area contributed by atoms with Crippen molar-refractivity contribution >= 4 is 23.4 Å². The highest BCUT2D eigenvalue weighted by Crippen LogP contribution is 2.24. The van der Waals surface area contributed by atoms with Crippen LogP contribution in [0.2, 0.25) is 5.15 Å². The predicted octanol–water partition coefficient (Wildman–Crippen LogP) is 2.30. The molecule has 19 heavy (non-hydrogen) atoms. The molecule has 5 nitrogen and oxygen atoms in total. The standard InChI is InChI=1S/C13H18ClN3O2/c1-2-19-13(18)9-10-5-7-17(8-6-10)12-4-3-11(14)15-16-12/h3-4,10H,2,5-9H2,1H3. The van der Waals surface area contributed by atoms with Gasteiger partial charge in [-0.2, -0.15) is 0 Å². The average molecular weight is 284 g/mol. The first-order chi connectivity index (χ1) is 9.19. The van der Waals surface area contributed by atoms with E-state index < -0.39 is 0 Å². The second kappa shape index (κ2) is 6.70. The van der Waals surface area contributed by atoms with Gasteiger partial charge in [0.15, 0.2) is 11.0 Å². The summed E-state index contributed by atoms with van der Waals surface area (Å²) >= 11 is 5.72. The Morgan fingerprint density at radius 2 is 2.16 bits per heavy atom. The number of nitrogens with zero attached hydrogens (tertiary/aromatic N) is 3. The minimum Gasteiger partial charge on any atom is -0.466 e. The first-order valence-corrected chi connectivity index (χ1v) is 6.96. The van der Waals surface area contributed by atoms with Crippen molar-refractivity contribution < 1.29 is 9.53 Å². The fourth-order valence-electron chi connectivity index (χ4n) is 2.30. The van der Waals surface area contributed by atoms with Crippen molar-refractivity contribution in [1.29, 1.82) is 0 Å². The van der Waals surface area contributed by atoms with Gasteiger partial charge in [-0.05, 0) is 37.8 Å². The molecular formula is C13H18ClN3O2. The predicted molar refractivity (Wildman–Crippen MR) is 73.2 cm³/mol. The van der Waals surface area contributed by atoms with Crippen molar-refractivity contribution in [2.75, 3.05) is 24.6 Å².